The third-order valence-electron chi connectivity index (χ3n) is 7.18. The van der Waals surface area contributed by atoms with Gasteiger partial charge < -0.3 is 9.30 Å². The third-order valence-corrected chi connectivity index (χ3v) is 8.38. The van der Waals surface area contributed by atoms with E-state index >= 15 is 0 Å². The lowest BCUT2D eigenvalue weighted by atomic mass is 9.92. The lowest BCUT2D eigenvalue weighted by Gasteiger charge is -2.21. The first-order valence-electron chi connectivity index (χ1n) is 11.6. The van der Waals surface area contributed by atoms with Crippen molar-refractivity contribution in [3.63, 3.8) is 0 Å². The molecule has 0 saturated carbocycles. The summed E-state index contributed by atoms with van der Waals surface area (Å²) >= 11 is 1.58. The average molecular weight is 450 g/mol. The number of rotatable bonds is 3. The molecular formula is C25H27N3O3S. The zero-order valence-corrected chi connectivity index (χ0v) is 19.1. The van der Waals surface area contributed by atoms with E-state index in [2.05, 4.69) is 22.8 Å². The molecule has 0 unspecified atom stereocenters. The molecule has 0 radical (unpaired) electrons. The van der Waals surface area contributed by atoms with Gasteiger partial charge >= 0.3 is 5.69 Å². The number of aryl methyl sites for hydroxylation is 3. The van der Waals surface area contributed by atoms with E-state index in [9.17, 15) is 9.59 Å². The molecule has 0 atom stereocenters. The van der Waals surface area contributed by atoms with Gasteiger partial charge in [0.05, 0.1) is 11.1 Å². The maximum atomic E-state index is 13.6. The molecule has 0 bridgehead atoms. The van der Waals surface area contributed by atoms with E-state index in [1.54, 1.807) is 11.3 Å². The second kappa shape index (κ2) is 7.74. The number of hydrogen-bond acceptors (Lipinski definition) is 4. The Hall–Kier alpha value is -2.64. The second-order valence-corrected chi connectivity index (χ2v) is 10.3. The van der Waals surface area contributed by atoms with Crippen LogP contribution in [0.4, 0.5) is 0 Å². The smallest absolute Gasteiger partial charge is 0.334 e. The van der Waals surface area contributed by atoms with Gasteiger partial charge in [0.2, 0.25) is 0 Å². The third kappa shape index (κ3) is 3.18. The van der Waals surface area contributed by atoms with E-state index in [4.69, 9.17) is 4.74 Å². The highest BCUT2D eigenvalue weighted by Gasteiger charge is 2.22. The highest BCUT2D eigenvalue weighted by molar-refractivity contribution is 7.18. The van der Waals surface area contributed by atoms with Crippen LogP contribution in [0.3, 0.4) is 0 Å². The van der Waals surface area contributed by atoms with Crippen LogP contribution in [-0.2, 0) is 31.0 Å². The molecule has 1 aliphatic carbocycles. The summed E-state index contributed by atoms with van der Waals surface area (Å²) in [7, 11) is 2.05. The first-order chi connectivity index (χ1) is 15.6. The van der Waals surface area contributed by atoms with Crippen LogP contribution in [0.5, 0.6) is 0 Å². The number of aromatic amines is 1. The number of benzene rings is 1. The van der Waals surface area contributed by atoms with Crippen molar-refractivity contribution in [2.75, 3.05) is 13.2 Å². The van der Waals surface area contributed by atoms with Crippen molar-refractivity contribution in [3.05, 3.63) is 61.2 Å². The summed E-state index contributed by atoms with van der Waals surface area (Å²) in [6.07, 6.45) is 9.51. The molecule has 6 rings (SSSR count). The highest BCUT2D eigenvalue weighted by atomic mass is 32.1. The first kappa shape index (κ1) is 20.0. The van der Waals surface area contributed by atoms with Gasteiger partial charge in [-0.25, -0.2) is 9.36 Å². The van der Waals surface area contributed by atoms with E-state index in [1.165, 1.54) is 15.0 Å². The van der Waals surface area contributed by atoms with E-state index in [-0.39, 0.29) is 11.2 Å². The van der Waals surface area contributed by atoms with Crippen LogP contribution < -0.4 is 11.2 Å². The van der Waals surface area contributed by atoms with Crippen molar-refractivity contribution in [1.82, 2.24) is 14.1 Å². The Balaban J connectivity index is 1.50. The SMILES string of the molecule is Cn1cc(CC2CCOCC2)c2cc(-n3c(=O)[nH]c4sc5c(c4c3=O)CCCC5)ccc21. The van der Waals surface area contributed by atoms with Crippen LogP contribution in [0.1, 0.15) is 41.7 Å². The Kier molecular flexibility index (Phi) is 4.84. The molecule has 0 spiro atoms. The lowest BCUT2D eigenvalue weighted by molar-refractivity contribution is 0.0666. The minimum absolute atomic E-state index is 0.190. The monoisotopic (exact) mass is 449 g/mol. The van der Waals surface area contributed by atoms with Gasteiger partial charge in [0, 0.05) is 42.2 Å². The van der Waals surface area contributed by atoms with Crippen molar-refractivity contribution < 1.29 is 4.74 Å². The van der Waals surface area contributed by atoms with Gasteiger partial charge in [-0.15, -0.1) is 11.3 Å². The quantitative estimate of drug-likeness (QED) is 0.512. The summed E-state index contributed by atoms with van der Waals surface area (Å²) in [5.74, 6) is 0.609. The minimum Gasteiger partial charge on any atom is -0.381 e. The fraction of sp³-hybridized carbons (Fsp3) is 0.440. The number of nitrogens with zero attached hydrogens (tertiary/aromatic N) is 2. The minimum atomic E-state index is -0.359. The van der Waals surface area contributed by atoms with Crippen LogP contribution in [-0.4, -0.2) is 27.3 Å². The number of thiophene rings is 1. The Morgan fingerprint density at radius 1 is 1.16 bits per heavy atom. The largest absolute Gasteiger partial charge is 0.381 e. The van der Waals surface area contributed by atoms with Gasteiger partial charge in [-0.3, -0.25) is 9.78 Å². The molecule has 4 heterocycles. The topological polar surface area (TPSA) is 69.0 Å². The van der Waals surface area contributed by atoms with E-state index in [0.717, 1.165) is 79.5 Å². The molecule has 1 N–H and O–H groups in total. The molecule has 166 valence electrons. The number of nitrogens with one attached hydrogen (secondary N) is 1. The molecule has 1 aromatic carbocycles. The van der Waals surface area contributed by atoms with E-state index in [0.29, 0.717) is 17.0 Å². The highest BCUT2D eigenvalue weighted by Crippen LogP contribution is 2.33. The van der Waals surface area contributed by atoms with Crippen LogP contribution in [0.2, 0.25) is 0 Å². The number of fused-ring (bicyclic) bond motifs is 4. The number of aromatic nitrogens is 3. The van der Waals surface area contributed by atoms with Gasteiger partial charge in [-0.05, 0) is 80.2 Å². The van der Waals surface area contributed by atoms with Gasteiger partial charge in [0.25, 0.3) is 5.56 Å². The standard InChI is InChI=1S/C25H27N3O3S/c1-27-14-16(12-15-8-10-31-11-9-15)19-13-17(6-7-20(19)27)28-24(29)22-18-4-2-3-5-21(18)32-23(22)26-25(28)30/h6-7,13-15H,2-5,8-12H2,1H3,(H,26,30). The fourth-order valence-corrected chi connectivity index (χ4v) is 6.77. The van der Waals surface area contributed by atoms with Crippen molar-refractivity contribution in [2.24, 2.45) is 13.0 Å². The van der Waals surface area contributed by atoms with Gasteiger partial charge in [0.15, 0.2) is 0 Å². The van der Waals surface area contributed by atoms with Gasteiger partial charge in [-0.1, -0.05) is 0 Å². The summed E-state index contributed by atoms with van der Waals surface area (Å²) in [6.45, 7) is 1.66. The number of ether oxygens (including phenoxy) is 1. The normalized spacial score (nSPS) is 17.3. The average Bonchev–Trinajstić information content (AvgIpc) is 3.31. The molecule has 1 fully saturated rings. The molecular weight excluding hydrogens is 422 g/mol. The predicted molar refractivity (Wildman–Crippen MR) is 128 cm³/mol. The number of H-pyrrole nitrogens is 1. The molecule has 1 saturated heterocycles. The molecule has 1 aliphatic heterocycles. The Bertz CT molecular complexity index is 1450. The fourth-order valence-electron chi connectivity index (χ4n) is 5.50. The Labute approximate surface area is 189 Å². The number of hydrogen-bond donors (Lipinski definition) is 1. The summed E-state index contributed by atoms with van der Waals surface area (Å²) in [6, 6.07) is 5.93. The Morgan fingerprint density at radius 2 is 1.97 bits per heavy atom. The summed E-state index contributed by atoms with van der Waals surface area (Å²) in [5.41, 5.74) is 3.63. The maximum Gasteiger partial charge on any atom is 0.334 e. The summed E-state index contributed by atoms with van der Waals surface area (Å²) < 4.78 is 8.99. The lowest BCUT2D eigenvalue weighted by Crippen LogP contribution is -2.33. The van der Waals surface area contributed by atoms with E-state index in [1.807, 2.05) is 18.2 Å². The van der Waals surface area contributed by atoms with Crippen LogP contribution in [0, 0.1) is 5.92 Å². The van der Waals surface area contributed by atoms with Crippen molar-refractivity contribution >= 4 is 32.5 Å². The Morgan fingerprint density at radius 3 is 2.81 bits per heavy atom. The molecule has 4 aromatic rings. The van der Waals surface area contributed by atoms with Gasteiger partial charge in [0.1, 0.15) is 4.83 Å². The van der Waals surface area contributed by atoms with E-state index < -0.39 is 0 Å². The van der Waals surface area contributed by atoms with Crippen molar-refractivity contribution in [2.45, 2.75) is 44.9 Å². The zero-order valence-electron chi connectivity index (χ0n) is 18.3. The predicted octanol–water partition coefficient (Wildman–Crippen LogP) is 4.08. The zero-order chi connectivity index (χ0) is 21.8. The molecule has 3 aromatic heterocycles. The van der Waals surface area contributed by atoms with Crippen molar-refractivity contribution in [3.8, 4) is 5.69 Å². The summed E-state index contributed by atoms with van der Waals surface area (Å²) in [5, 5.41) is 1.83. The second-order valence-electron chi connectivity index (χ2n) is 9.21. The molecule has 7 heteroatoms. The van der Waals surface area contributed by atoms with Crippen LogP contribution in [0.15, 0.2) is 34.0 Å². The molecule has 2 aliphatic rings. The van der Waals surface area contributed by atoms with Crippen LogP contribution in [0.25, 0.3) is 26.8 Å². The maximum absolute atomic E-state index is 13.6. The van der Waals surface area contributed by atoms with Gasteiger partial charge in [-0.2, -0.15) is 0 Å². The molecule has 0 amide bonds. The first-order valence-corrected chi connectivity index (χ1v) is 12.4. The van der Waals surface area contributed by atoms with Crippen LogP contribution >= 0.6 is 11.3 Å². The summed E-state index contributed by atoms with van der Waals surface area (Å²) in [4.78, 5) is 31.5. The van der Waals surface area contributed by atoms with Crippen molar-refractivity contribution in [1.29, 1.82) is 0 Å². The molecule has 32 heavy (non-hydrogen) atoms. The molecule has 6 nitrogen and oxygen atoms in total.